The van der Waals surface area contributed by atoms with Crippen molar-refractivity contribution in [1.29, 1.82) is 0 Å². The SMILES string of the molecule is C=Nc1cc(OCCCC(=O)Nc2cn(C)c(C(=O)Nc3cc(C(=O)Nc4cc(C(=O)n5ccc6cc(C=O)cnc65)n(C)c4)n(C)c3)n2)c(OC)cc1C(=O)N1CCC(=C)C1. The van der Waals surface area contributed by atoms with E-state index < -0.39 is 11.8 Å². The summed E-state index contributed by atoms with van der Waals surface area (Å²) in [5, 5.41) is 8.86. The number of nitrogens with one attached hydrogen (secondary N) is 3. The van der Waals surface area contributed by atoms with E-state index in [0.717, 1.165) is 12.0 Å². The molecule has 7 rings (SSSR count). The largest absolute Gasteiger partial charge is 0.493 e. The Hall–Kier alpha value is -8.09. The van der Waals surface area contributed by atoms with Gasteiger partial charge < -0.3 is 44.0 Å². The Morgan fingerprint density at radius 3 is 2.31 bits per heavy atom. The molecule has 0 aliphatic carbocycles. The van der Waals surface area contributed by atoms with Crippen molar-refractivity contribution in [2.45, 2.75) is 19.3 Å². The van der Waals surface area contributed by atoms with Crippen LogP contribution < -0.4 is 25.4 Å². The summed E-state index contributed by atoms with van der Waals surface area (Å²) in [7, 11) is 6.38. The molecule has 6 aromatic rings. The van der Waals surface area contributed by atoms with Gasteiger partial charge >= 0.3 is 0 Å². The van der Waals surface area contributed by atoms with Gasteiger partial charge in [-0.25, -0.2) is 9.97 Å². The van der Waals surface area contributed by atoms with Crippen molar-refractivity contribution in [2.24, 2.45) is 26.1 Å². The second kappa shape index (κ2) is 17.6. The number of aryl methyl sites for hydroxylation is 3. The number of pyridine rings is 1. The van der Waals surface area contributed by atoms with Crippen molar-refractivity contribution < 1.29 is 38.2 Å². The number of nitrogens with zero attached hydrogens (tertiary/aromatic N) is 8. The number of likely N-dealkylation sites (tertiary alicyclic amines) is 1. The lowest BCUT2D eigenvalue weighted by molar-refractivity contribution is -0.116. The highest BCUT2D eigenvalue weighted by molar-refractivity contribution is 6.08. The molecule has 0 atom stereocenters. The number of aldehydes is 1. The Labute approximate surface area is 354 Å². The molecule has 1 aliphatic heterocycles. The van der Waals surface area contributed by atoms with Crippen LogP contribution in [-0.2, 0) is 25.9 Å². The monoisotopic (exact) mass is 841 g/mol. The zero-order chi connectivity index (χ0) is 44.2. The van der Waals surface area contributed by atoms with Gasteiger partial charge in [0.05, 0.1) is 36.3 Å². The summed E-state index contributed by atoms with van der Waals surface area (Å²) in [5.74, 6) is -1.17. The molecule has 62 heavy (non-hydrogen) atoms. The number of imidazole rings is 1. The Balaban J connectivity index is 0.911. The number of aliphatic imine (C=N–C) groups is 1. The van der Waals surface area contributed by atoms with Crippen molar-refractivity contribution in [3.05, 3.63) is 108 Å². The summed E-state index contributed by atoms with van der Waals surface area (Å²) in [6, 6.07) is 9.51. The molecule has 5 aromatic heterocycles. The van der Waals surface area contributed by atoms with E-state index in [-0.39, 0.29) is 53.8 Å². The van der Waals surface area contributed by atoms with E-state index in [1.54, 1.807) is 73.5 Å². The van der Waals surface area contributed by atoms with Crippen LogP contribution in [-0.4, -0.2) is 102 Å². The summed E-state index contributed by atoms with van der Waals surface area (Å²) >= 11 is 0. The van der Waals surface area contributed by atoms with Crippen LogP contribution in [0.3, 0.4) is 0 Å². The molecule has 3 N–H and O–H groups in total. The van der Waals surface area contributed by atoms with E-state index in [1.165, 1.54) is 45.3 Å². The minimum atomic E-state index is -0.583. The fourth-order valence-corrected chi connectivity index (χ4v) is 7.03. The molecule has 19 nitrogen and oxygen atoms in total. The van der Waals surface area contributed by atoms with Gasteiger partial charge in [0.2, 0.25) is 11.7 Å². The summed E-state index contributed by atoms with van der Waals surface area (Å²) in [6.45, 7) is 8.77. The molecule has 4 amide bonds. The minimum absolute atomic E-state index is 0.00476. The molecule has 0 saturated carbocycles. The number of hydrogen-bond acceptors (Lipinski definition) is 11. The van der Waals surface area contributed by atoms with E-state index in [0.29, 0.717) is 76.5 Å². The number of carbonyl (C=O) groups is 6. The van der Waals surface area contributed by atoms with Gasteiger partial charge in [-0.1, -0.05) is 12.2 Å². The molecule has 1 fully saturated rings. The van der Waals surface area contributed by atoms with Crippen molar-refractivity contribution in [2.75, 3.05) is 42.8 Å². The maximum Gasteiger partial charge on any atom is 0.291 e. The highest BCUT2D eigenvalue weighted by atomic mass is 16.5. The molecule has 0 unspecified atom stereocenters. The number of fused-ring (bicyclic) bond motifs is 1. The fourth-order valence-electron chi connectivity index (χ4n) is 7.03. The second-order valence-electron chi connectivity index (χ2n) is 14.6. The first-order valence-corrected chi connectivity index (χ1v) is 19.3. The van der Waals surface area contributed by atoms with Gasteiger partial charge in [-0.05, 0) is 49.9 Å². The van der Waals surface area contributed by atoms with E-state index >= 15 is 0 Å². The number of aromatic nitrogens is 6. The van der Waals surface area contributed by atoms with Crippen molar-refractivity contribution in [1.82, 2.24) is 33.1 Å². The average Bonchev–Trinajstić information content (AvgIpc) is 4.10. The summed E-state index contributed by atoms with van der Waals surface area (Å²) in [5.41, 5.74) is 3.62. The van der Waals surface area contributed by atoms with Crippen LogP contribution >= 0.6 is 0 Å². The van der Waals surface area contributed by atoms with Crippen LogP contribution in [0.25, 0.3) is 11.0 Å². The molecule has 318 valence electrons. The quantitative estimate of drug-likeness (QED) is 0.0544. The van der Waals surface area contributed by atoms with Gasteiger partial charge in [-0.2, -0.15) is 0 Å². The van der Waals surface area contributed by atoms with Gasteiger partial charge in [-0.15, -0.1) is 0 Å². The van der Waals surface area contributed by atoms with E-state index in [4.69, 9.17) is 9.47 Å². The van der Waals surface area contributed by atoms with E-state index in [2.05, 4.69) is 44.2 Å². The maximum absolute atomic E-state index is 13.4. The number of carbonyl (C=O) groups excluding carboxylic acids is 6. The molecule has 1 aromatic carbocycles. The average molecular weight is 842 g/mol. The first-order chi connectivity index (χ1) is 29.8. The normalized spacial score (nSPS) is 12.3. The zero-order valence-electron chi connectivity index (χ0n) is 34.4. The van der Waals surface area contributed by atoms with Crippen LogP contribution in [0.2, 0.25) is 0 Å². The predicted molar refractivity (Wildman–Crippen MR) is 230 cm³/mol. The number of anilines is 3. The summed E-state index contributed by atoms with van der Waals surface area (Å²) < 4.78 is 17.3. The number of methoxy groups -OCH3 is 1. The Bertz CT molecular complexity index is 2810. The van der Waals surface area contributed by atoms with Crippen LogP contribution in [0.5, 0.6) is 11.5 Å². The molecule has 0 radical (unpaired) electrons. The van der Waals surface area contributed by atoms with Crippen LogP contribution in [0, 0.1) is 0 Å². The second-order valence-corrected chi connectivity index (χ2v) is 14.6. The predicted octanol–water partition coefficient (Wildman–Crippen LogP) is 4.99. The van der Waals surface area contributed by atoms with E-state index in [9.17, 15) is 28.8 Å². The molecular weight excluding hydrogens is 799 g/mol. The maximum atomic E-state index is 13.4. The third-order valence-electron chi connectivity index (χ3n) is 10.2. The van der Waals surface area contributed by atoms with Crippen molar-refractivity contribution in [3.63, 3.8) is 0 Å². The first-order valence-electron chi connectivity index (χ1n) is 19.3. The Morgan fingerprint density at radius 2 is 1.61 bits per heavy atom. The minimum Gasteiger partial charge on any atom is -0.493 e. The summed E-state index contributed by atoms with van der Waals surface area (Å²) in [4.78, 5) is 91.4. The lowest BCUT2D eigenvalue weighted by atomic mass is 10.1. The van der Waals surface area contributed by atoms with Gasteiger partial charge in [0.1, 0.15) is 17.0 Å². The standard InChI is InChI=1S/C43H43N11O8/c1-25-9-11-53(20-25)42(59)30-17-34(61-6)35(18-31(30)44-2)62-13-7-8-37(56)48-36-23-52(5)39(49-36)41(58)47-28-15-32(50(3)21-28)40(57)46-29-16-33(51(4)22-29)43(60)54-12-10-27-14-26(24-55)19-45-38(27)54/h10,12,14-19,21-24H,1-2,7-9,11,13,20H2,3-6H3,(H,46,57)(H,47,58)(H,48,56). The Kier molecular flexibility index (Phi) is 12.0. The van der Waals surface area contributed by atoms with Gasteiger partial charge in [0.25, 0.3) is 23.6 Å². The van der Waals surface area contributed by atoms with Crippen LogP contribution in [0.1, 0.15) is 71.6 Å². The van der Waals surface area contributed by atoms with Crippen molar-refractivity contribution >= 4 is 76.5 Å². The molecule has 1 saturated heterocycles. The third kappa shape index (κ3) is 8.76. The molecule has 0 spiro atoms. The number of benzene rings is 1. The molecule has 19 heteroatoms. The number of amides is 4. The fraction of sp³-hybridized carbons (Fsp3) is 0.233. The molecule has 0 bridgehead atoms. The Morgan fingerprint density at radius 1 is 0.887 bits per heavy atom. The molecule has 1 aliphatic rings. The van der Waals surface area contributed by atoms with Crippen LogP contribution in [0.15, 0.2) is 84.5 Å². The van der Waals surface area contributed by atoms with Gasteiger partial charge in [-0.3, -0.25) is 38.3 Å². The first kappa shape index (κ1) is 42.0. The molecule has 6 heterocycles. The smallest absolute Gasteiger partial charge is 0.291 e. The lowest BCUT2D eigenvalue weighted by Crippen LogP contribution is -2.27. The number of hydrogen-bond donors (Lipinski definition) is 3. The third-order valence-corrected chi connectivity index (χ3v) is 10.2. The van der Waals surface area contributed by atoms with Crippen molar-refractivity contribution in [3.8, 4) is 11.5 Å². The van der Waals surface area contributed by atoms with Gasteiger partial charge in [0, 0.05) is 88.7 Å². The number of ether oxygens (including phenoxy) is 2. The highest BCUT2D eigenvalue weighted by Gasteiger charge is 2.26. The van der Waals surface area contributed by atoms with Crippen LogP contribution in [0.4, 0.5) is 22.9 Å². The zero-order valence-corrected chi connectivity index (χ0v) is 34.4. The number of rotatable bonds is 15. The highest BCUT2D eigenvalue weighted by Crippen LogP contribution is 2.36. The topological polar surface area (TPSA) is 218 Å². The van der Waals surface area contributed by atoms with E-state index in [1.807, 2.05) is 0 Å². The lowest BCUT2D eigenvalue weighted by Gasteiger charge is -2.18. The molecular formula is C43H43N11O8. The summed E-state index contributed by atoms with van der Waals surface area (Å²) in [6.07, 6.45) is 9.44. The van der Waals surface area contributed by atoms with Gasteiger partial charge in [0.15, 0.2) is 23.6 Å².